The lowest BCUT2D eigenvalue weighted by Gasteiger charge is -2.24. The fraction of sp³-hybridized carbons (Fsp3) is 0.647. The van der Waals surface area contributed by atoms with Crippen LogP contribution in [-0.2, 0) is 4.74 Å². The molecule has 3 nitrogen and oxygen atoms in total. The Morgan fingerprint density at radius 2 is 2.14 bits per heavy atom. The highest BCUT2D eigenvalue weighted by molar-refractivity contribution is 5.36. The molecule has 21 heavy (non-hydrogen) atoms. The van der Waals surface area contributed by atoms with E-state index in [1.54, 1.807) is 6.07 Å². The van der Waals surface area contributed by atoms with Gasteiger partial charge in [-0.25, -0.2) is 4.39 Å². The molecule has 0 radical (unpaired) electrons. The van der Waals surface area contributed by atoms with Crippen LogP contribution in [0.25, 0.3) is 0 Å². The quantitative estimate of drug-likeness (QED) is 0.920. The summed E-state index contributed by atoms with van der Waals surface area (Å²) >= 11 is 0. The zero-order valence-corrected chi connectivity index (χ0v) is 12.6. The van der Waals surface area contributed by atoms with Crippen molar-refractivity contribution in [3.05, 3.63) is 29.6 Å². The summed E-state index contributed by atoms with van der Waals surface area (Å²) < 4.78 is 25.4. The average molecular weight is 293 g/mol. The molecule has 2 N–H and O–H groups in total. The van der Waals surface area contributed by atoms with Crippen LogP contribution in [0.2, 0.25) is 0 Å². The third-order valence-electron chi connectivity index (χ3n) is 4.74. The smallest absolute Gasteiger partial charge is 0.124 e. The highest BCUT2D eigenvalue weighted by atomic mass is 19.1. The minimum atomic E-state index is -0.281. The number of hydrogen-bond donors (Lipinski definition) is 1. The third-order valence-corrected chi connectivity index (χ3v) is 4.74. The Morgan fingerprint density at radius 3 is 2.86 bits per heavy atom. The molecular weight excluding hydrogens is 269 g/mol. The predicted octanol–water partition coefficient (Wildman–Crippen LogP) is 3.72. The van der Waals surface area contributed by atoms with E-state index in [1.165, 1.54) is 37.8 Å². The van der Waals surface area contributed by atoms with E-state index in [0.29, 0.717) is 17.9 Å². The predicted molar refractivity (Wildman–Crippen MR) is 79.8 cm³/mol. The second-order valence-corrected chi connectivity index (χ2v) is 6.45. The molecule has 1 heterocycles. The molecule has 2 fully saturated rings. The molecule has 1 aromatic rings. The van der Waals surface area contributed by atoms with Crippen molar-refractivity contribution in [3.63, 3.8) is 0 Å². The van der Waals surface area contributed by atoms with E-state index >= 15 is 0 Å². The van der Waals surface area contributed by atoms with Gasteiger partial charge in [-0.3, -0.25) is 0 Å². The lowest BCUT2D eigenvalue weighted by atomic mass is 9.98. The van der Waals surface area contributed by atoms with Gasteiger partial charge in [0.15, 0.2) is 0 Å². The van der Waals surface area contributed by atoms with Crippen molar-refractivity contribution in [2.24, 2.45) is 5.73 Å². The Hall–Kier alpha value is -1.13. The minimum absolute atomic E-state index is 0.126. The molecule has 2 aliphatic rings. The van der Waals surface area contributed by atoms with Crippen LogP contribution in [0.3, 0.4) is 0 Å². The average Bonchev–Trinajstić information content (AvgIpc) is 3.08. The summed E-state index contributed by atoms with van der Waals surface area (Å²) in [4.78, 5) is 0. The lowest BCUT2D eigenvalue weighted by Crippen LogP contribution is -2.27. The van der Waals surface area contributed by atoms with Gasteiger partial charge in [0.05, 0.1) is 11.7 Å². The van der Waals surface area contributed by atoms with Crippen LogP contribution >= 0.6 is 0 Å². The summed E-state index contributed by atoms with van der Waals surface area (Å²) in [6, 6.07) is 4.28. The molecule has 1 spiro atoms. The first-order chi connectivity index (χ1) is 10.1. The summed E-state index contributed by atoms with van der Waals surface area (Å²) in [5.41, 5.74) is 6.72. The lowest BCUT2D eigenvalue weighted by molar-refractivity contribution is -0.0510. The zero-order chi connectivity index (χ0) is 14.9. The Morgan fingerprint density at radius 1 is 1.38 bits per heavy atom. The van der Waals surface area contributed by atoms with Gasteiger partial charge in [0.25, 0.3) is 0 Å². The molecule has 0 amide bonds. The van der Waals surface area contributed by atoms with E-state index in [4.69, 9.17) is 15.2 Å². The molecule has 2 atom stereocenters. The van der Waals surface area contributed by atoms with Crippen molar-refractivity contribution in [3.8, 4) is 5.75 Å². The van der Waals surface area contributed by atoms with E-state index in [2.05, 4.69) is 0 Å². The third kappa shape index (κ3) is 3.22. The van der Waals surface area contributed by atoms with Crippen LogP contribution in [0.15, 0.2) is 18.2 Å². The second-order valence-electron chi connectivity index (χ2n) is 6.45. The molecule has 0 aromatic heterocycles. The maximum atomic E-state index is 13.3. The van der Waals surface area contributed by atoms with Crippen LogP contribution < -0.4 is 10.5 Å². The molecule has 0 bridgehead atoms. The van der Waals surface area contributed by atoms with Gasteiger partial charge in [-0.05, 0) is 50.8 Å². The van der Waals surface area contributed by atoms with Crippen LogP contribution in [0.5, 0.6) is 5.75 Å². The molecule has 1 saturated heterocycles. The van der Waals surface area contributed by atoms with Gasteiger partial charge in [0.1, 0.15) is 18.2 Å². The van der Waals surface area contributed by atoms with Crippen molar-refractivity contribution in [1.29, 1.82) is 0 Å². The van der Waals surface area contributed by atoms with E-state index in [0.717, 1.165) is 12.8 Å². The zero-order valence-electron chi connectivity index (χ0n) is 12.6. The normalized spacial score (nSPS) is 25.4. The van der Waals surface area contributed by atoms with Crippen molar-refractivity contribution in [1.82, 2.24) is 0 Å². The van der Waals surface area contributed by atoms with Gasteiger partial charge in [-0.15, -0.1) is 0 Å². The molecule has 1 aromatic carbocycles. The molecule has 1 saturated carbocycles. The van der Waals surface area contributed by atoms with Gasteiger partial charge in [0.2, 0.25) is 0 Å². The van der Waals surface area contributed by atoms with Crippen LogP contribution in [-0.4, -0.2) is 18.3 Å². The topological polar surface area (TPSA) is 44.5 Å². The fourth-order valence-electron chi connectivity index (χ4n) is 3.59. The molecule has 4 heteroatoms. The van der Waals surface area contributed by atoms with E-state index in [9.17, 15) is 4.39 Å². The highest BCUT2D eigenvalue weighted by Gasteiger charge is 2.42. The van der Waals surface area contributed by atoms with E-state index in [1.807, 2.05) is 6.92 Å². The van der Waals surface area contributed by atoms with E-state index < -0.39 is 0 Å². The monoisotopic (exact) mass is 293 g/mol. The molecular formula is C17H24FNO2. The van der Waals surface area contributed by atoms with E-state index in [-0.39, 0.29) is 23.6 Å². The molecule has 116 valence electrons. The number of ether oxygens (including phenoxy) is 2. The summed E-state index contributed by atoms with van der Waals surface area (Å²) in [7, 11) is 0. The Labute approximate surface area is 125 Å². The van der Waals surface area contributed by atoms with Gasteiger partial charge in [-0.1, -0.05) is 12.8 Å². The summed E-state index contributed by atoms with van der Waals surface area (Å²) in [5.74, 6) is 0.388. The first-order valence-electron chi connectivity index (χ1n) is 7.94. The molecule has 3 rings (SSSR count). The second kappa shape index (κ2) is 5.93. The molecule has 1 aliphatic heterocycles. The van der Waals surface area contributed by atoms with Crippen LogP contribution in [0.4, 0.5) is 4.39 Å². The Kier molecular flexibility index (Phi) is 4.18. The fourth-order valence-corrected chi connectivity index (χ4v) is 3.59. The largest absolute Gasteiger partial charge is 0.491 e. The van der Waals surface area contributed by atoms with Gasteiger partial charge < -0.3 is 15.2 Å². The summed E-state index contributed by atoms with van der Waals surface area (Å²) in [6.07, 6.45) is 7.27. The number of nitrogens with two attached hydrogens (primary N) is 1. The molecule has 2 unspecified atom stereocenters. The molecule has 1 aliphatic carbocycles. The van der Waals surface area contributed by atoms with Crippen molar-refractivity contribution < 1.29 is 13.9 Å². The standard InChI is InChI=1S/C17H24FNO2/c1-12(19)15-10-13(18)4-5-16(15)20-11-14-6-9-17(21-14)7-2-3-8-17/h4-5,10,12,14H,2-3,6-9,11,19H2,1H3. The van der Waals surface area contributed by atoms with Crippen molar-refractivity contribution in [2.75, 3.05) is 6.61 Å². The van der Waals surface area contributed by atoms with Crippen molar-refractivity contribution >= 4 is 0 Å². The van der Waals surface area contributed by atoms with Crippen LogP contribution in [0, 0.1) is 5.82 Å². The number of benzene rings is 1. The maximum absolute atomic E-state index is 13.3. The van der Waals surface area contributed by atoms with Gasteiger partial charge in [0, 0.05) is 11.6 Å². The first kappa shape index (κ1) is 14.8. The van der Waals surface area contributed by atoms with Crippen molar-refractivity contribution in [2.45, 2.75) is 63.2 Å². The number of rotatable bonds is 4. The maximum Gasteiger partial charge on any atom is 0.124 e. The number of halogens is 1. The Bertz CT molecular complexity index is 498. The van der Waals surface area contributed by atoms with Gasteiger partial charge >= 0.3 is 0 Å². The first-order valence-corrected chi connectivity index (χ1v) is 7.94. The summed E-state index contributed by atoms with van der Waals surface area (Å²) in [5, 5.41) is 0. The Balaban J connectivity index is 1.61. The minimum Gasteiger partial charge on any atom is -0.491 e. The SMILES string of the molecule is CC(N)c1cc(F)ccc1OCC1CCC2(CCCC2)O1. The van der Waals surface area contributed by atoms with Crippen LogP contribution in [0.1, 0.15) is 57.1 Å². The summed E-state index contributed by atoms with van der Waals surface area (Å²) in [6.45, 7) is 2.36. The number of hydrogen-bond acceptors (Lipinski definition) is 3. The highest BCUT2D eigenvalue weighted by Crippen LogP contribution is 2.43. The van der Waals surface area contributed by atoms with Gasteiger partial charge in [-0.2, -0.15) is 0 Å².